The molecule has 0 bridgehead atoms. The van der Waals surface area contributed by atoms with Crippen molar-refractivity contribution in [2.24, 2.45) is 5.92 Å². The first kappa shape index (κ1) is 14.4. The first-order chi connectivity index (χ1) is 9.13. The normalized spacial score (nSPS) is 19.2. The number of piperidine rings is 1. The molecule has 1 saturated heterocycles. The van der Waals surface area contributed by atoms with Crippen LogP contribution in [-0.2, 0) is 0 Å². The van der Waals surface area contributed by atoms with E-state index in [1.54, 1.807) is 6.07 Å². The lowest BCUT2D eigenvalue weighted by Gasteiger charge is -2.22. The molecule has 0 spiro atoms. The van der Waals surface area contributed by atoms with Crippen LogP contribution in [0.3, 0.4) is 0 Å². The first-order valence-corrected chi connectivity index (χ1v) is 7.19. The lowest BCUT2D eigenvalue weighted by molar-refractivity contribution is 0.0896. The number of ether oxygens (including phenoxy) is 1. The molecular formula is C15H20ClNO2. The molecule has 0 saturated carbocycles. The number of hydrogen-bond donors (Lipinski definition) is 1. The van der Waals surface area contributed by atoms with Crippen LogP contribution in [0, 0.1) is 12.8 Å². The molecule has 0 aliphatic carbocycles. The van der Waals surface area contributed by atoms with Crippen LogP contribution in [0.5, 0.6) is 5.75 Å². The number of aryl methyl sites for hydroxylation is 1. The van der Waals surface area contributed by atoms with Gasteiger partial charge in [-0.2, -0.15) is 0 Å². The van der Waals surface area contributed by atoms with Crippen LogP contribution in [-0.4, -0.2) is 25.5 Å². The summed E-state index contributed by atoms with van der Waals surface area (Å²) in [6, 6.07) is 3.61. The molecule has 1 aromatic carbocycles. The second-order valence-corrected chi connectivity index (χ2v) is 5.35. The predicted octanol–water partition coefficient (Wildman–Crippen LogP) is 3.23. The fraction of sp³-hybridized carbons (Fsp3) is 0.533. The molecule has 19 heavy (non-hydrogen) atoms. The van der Waals surface area contributed by atoms with E-state index in [0.717, 1.165) is 31.5 Å². The maximum atomic E-state index is 12.6. The van der Waals surface area contributed by atoms with Crippen LogP contribution >= 0.6 is 11.6 Å². The molecule has 1 fully saturated rings. The van der Waals surface area contributed by atoms with Gasteiger partial charge in [0.15, 0.2) is 5.78 Å². The maximum absolute atomic E-state index is 12.6. The highest BCUT2D eigenvalue weighted by Gasteiger charge is 2.25. The molecule has 1 heterocycles. The molecular weight excluding hydrogens is 262 g/mol. The highest BCUT2D eigenvalue weighted by molar-refractivity contribution is 6.31. The molecule has 1 aromatic rings. The smallest absolute Gasteiger partial charge is 0.170 e. The third kappa shape index (κ3) is 3.28. The van der Waals surface area contributed by atoms with Crippen molar-refractivity contribution in [3.05, 3.63) is 28.3 Å². The van der Waals surface area contributed by atoms with Crippen molar-refractivity contribution in [1.82, 2.24) is 5.32 Å². The molecule has 1 aliphatic heterocycles. The van der Waals surface area contributed by atoms with Crippen molar-refractivity contribution in [2.45, 2.75) is 26.7 Å². The zero-order chi connectivity index (χ0) is 13.8. The van der Waals surface area contributed by atoms with Gasteiger partial charge >= 0.3 is 0 Å². The van der Waals surface area contributed by atoms with E-state index in [-0.39, 0.29) is 11.7 Å². The van der Waals surface area contributed by atoms with Gasteiger partial charge in [0.25, 0.3) is 0 Å². The number of carbonyl (C=O) groups excluding carboxylic acids is 1. The van der Waals surface area contributed by atoms with Crippen LogP contribution in [0.4, 0.5) is 0 Å². The number of carbonyl (C=O) groups is 1. The zero-order valence-corrected chi connectivity index (χ0v) is 12.2. The minimum absolute atomic E-state index is 0.0340. The lowest BCUT2D eigenvalue weighted by Crippen LogP contribution is -2.34. The predicted molar refractivity (Wildman–Crippen MR) is 77.3 cm³/mol. The Hall–Kier alpha value is -1.06. The van der Waals surface area contributed by atoms with Gasteiger partial charge in [0.05, 0.1) is 12.2 Å². The average Bonchev–Trinajstić information content (AvgIpc) is 2.43. The number of Topliss-reactive ketones (excluding diaryl/α,β-unsaturated/α-hetero) is 1. The second-order valence-electron chi connectivity index (χ2n) is 4.94. The van der Waals surface area contributed by atoms with Crippen molar-refractivity contribution < 1.29 is 9.53 Å². The summed E-state index contributed by atoms with van der Waals surface area (Å²) in [5.41, 5.74) is 1.55. The van der Waals surface area contributed by atoms with Crippen molar-refractivity contribution in [3.8, 4) is 5.75 Å². The van der Waals surface area contributed by atoms with Crippen molar-refractivity contribution >= 4 is 17.4 Å². The van der Waals surface area contributed by atoms with Gasteiger partial charge in [-0.25, -0.2) is 0 Å². The van der Waals surface area contributed by atoms with Crippen LogP contribution < -0.4 is 10.1 Å². The van der Waals surface area contributed by atoms with Gasteiger partial charge in [-0.15, -0.1) is 0 Å². The standard InChI is InChI=1S/C15H20ClNO2/c1-3-19-14-7-10(2)13(16)8-12(14)15(18)11-5-4-6-17-9-11/h7-8,11,17H,3-6,9H2,1-2H3. The Balaban J connectivity index is 2.30. The number of halogens is 1. The van der Waals surface area contributed by atoms with Crippen molar-refractivity contribution in [3.63, 3.8) is 0 Å². The Morgan fingerprint density at radius 3 is 2.95 bits per heavy atom. The molecule has 3 nitrogen and oxygen atoms in total. The van der Waals surface area contributed by atoms with Crippen LogP contribution in [0.1, 0.15) is 35.7 Å². The summed E-state index contributed by atoms with van der Waals surface area (Å²) in [5, 5.41) is 3.89. The summed E-state index contributed by atoms with van der Waals surface area (Å²) in [5.74, 6) is 0.823. The van der Waals surface area contributed by atoms with Gasteiger partial charge in [-0.1, -0.05) is 11.6 Å². The van der Waals surface area contributed by atoms with E-state index < -0.39 is 0 Å². The Morgan fingerprint density at radius 1 is 1.53 bits per heavy atom. The van der Waals surface area contributed by atoms with E-state index in [1.165, 1.54) is 0 Å². The lowest BCUT2D eigenvalue weighted by atomic mass is 9.90. The molecule has 1 atom stereocenters. The third-order valence-electron chi connectivity index (χ3n) is 3.49. The van der Waals surface area contributed by atoms with Crippen LogP contribution in [0.25, 0.3) is 0 Å². The van der Waals surface area contributed by atoms with E-state index in [0.29, 0.717) is 22.9 Å². The largest absolute Gasteiger partial charge is 0.493 e. The molecule has 0 radical (unpaired) electrons. The zero-order valence-electron chi connectivity index (χ0n) is 11.5. The summed E-state index contributed by atoms with van der Waals surface area (Å²) in [6.07, 6.45) is 1.98. The number of nitrogens with one attached hydrogen (secondary N) is 1. The van der Waals surface area contributed by atoms with Gasteiger partial charge in [0, 0.05) is 17.5 Å². The molecule has 104 valence electrons. The van der Waals surface area contributed by atoms with Gasteiger partial charge in [0.1, 0.15) is 5.75 Å². The summed E-state index contributed by atoms with van der Waals surface area (Å²) in [4.78, 5) is 12.6. The van der Waals surface area contributed by atoms with Gasteiger partial charge in [-0.05, 0) is 50.9 Å². The number of rotatable bonds is 4. The highest BCUT2D eigenvalue weighted by atomic mass is 35.5. The Morgan fingerprint density at radius 2 is 2.32 bits per heavy atom. The fourth-order valence-corrected chi connectivity index (χ4v) is 2.58. The minimum atomic E-state index is 0.0340. The van der Waals surface area contributed by atoms with Crippen LogP contribution in [0.2, 0.25) is 5.02 Å². The Bertz CT molecular complexity index is 467. The summed E-state index contributed by atoms with van der Waals surface area (Å²) < 4.78 is 5.58. The number of benzene rings is 1. The average molecular weight is 282 g/mol. The monoisotopic (exact) mass is 281 g/mol. The van der Waals surface area contributed by atoms with E-state index in [4.69, 9.17) is 16.3 Å². The van der Waals surface area contributed by atoms with Gasteiger partial charge in [-0.3, -0.25) is 4.79 Å². The van der Waals surface area contributed by atoms with E-state index >= 15 is 0 Å². The SMILES string of the molecule is CCOc1cc(C)c(Cl)cc1C(=O)C1CCCNC1. The number of hydrogen-bond acceptors (Lipinski definition) is 3. The minimum Gasteiger partial charge on any atom is -0.493 e. The highest BCUT2D eigenvalue weighted by Crippen LogP contribution is 2.30. The molecule has 1 N–H and O–H groups in total. The Labute approximate surface area is 119 Å². The Kier molecular flexibility index (Phi) is 4.83. The second kappa shape index (κ2) is 6.40. The van der Waals surface area contributed by atoms with E-state index in [1.807, 2.05) is 19.9 Å². The fourth-order valence-electron chi connectivity index (χ4n) is 2.42. The summed E-state index contributed by atoms with van der Waals surface area (Å²) in [7, 11) is 0. The topological polar surface area (TPSA) is 38.3 Å². The van der Waals surface area contributed by atoms with Crippen molar-refractivity contribution in [2.75, 3.05) is 19.7 Å². The summed E-state index contributed by atoms with van der Waals surface area (Å²) in [6.45, 7) is 6.12. The molecule has 1 unspecified atom stereocenters. The number of ketones is 1. The molecule has 4 heteroatoms. The van der Waals surface area contributed by atoms with E-state index in [9.17, 15) is 4.79 Å². The molecule has 0 amide bonds. The summed E-state index contributed by atoms with van der Waals surface area (Å²) >= 11 is 6.15. The molecule has 0 aromatic heterocycles. The quantitative estimate of drug-likeness (QED) is 0.861. The maximum Gasteiger partial charge on any atom is 0.170 e. The molecule has 2 rings (SSSR count). The third-order valence-corrected chi connectivity index (χ3v) is 3.90. The van der Waals surface area contributed by atoms with Crippen LogP contribution in [0.15, 0.2) is 12.1 Å². The van der Waals surface area contributed by atoms with Gasteiger partial charge in [0.2, 0.25) is 0 Å². The van der Waals surface area contributed by atoms with Gasteiger partial charge < -0.3 is 10.1 Å². The molecule has 1 aliphatic rings. The van der Waals surface area contributed by atoms with E-state index in [2.05, 4.69) is 5.32 Å². The first-order valence-electron chi connectivity index (χ1n) is 6.81. The van der Waals surface area contributed by atoms with Crippen molar-refractivity contribution in [1.29, 1.82) is 0 Å².